The number of halogens is 2. The Labute approximate surface area is 299 Å². The standard InChI is InChI=1S/C21H32P.C17H24P.2ClH.Zr/c1-3-5-7-11-15-22(16-12-8-6-4-2)21-17-19-13-9-10-14-20(19)18-21;1-16(2,3)18(17(4,5)6)15-11-13-9-7-8-10-14(13)12-15;;;/h9-10,13-14,17-18H,3-8,11-12,15-16H2,1-2H3;7-12H,1-6H3;2*1H;/q2*-1;;;+4/p-2. The smallest absolute Gasteiger partial charge is 1.00 e. The van der Waals surface area contributed by atoms with Crippen molar-refractivity contribution in [2.24, 2.45) is 0 Å². The number of hydrogen-bond acceptors (Lipinski definition) is 0. The fourth-order valence-electron chi connectivity index (χ4n) is 6.19. The second-order valence-electron chi connectivity index (χ2n) is 13.5. The van der Waals surface area contributed by atoms with E-state index in [0.29, 0.717) is 10.3 Å². The summed E-state index contributed by atoms with van der Waals surface area (Å²) in [7, 11) is -0.120. The fourth-order valence-corrected chi connectivity index (χ4v) is 12.9. The topological polar surface area (TPSA) is 0 Å². The van der Waals surface area contributed by atoms with E-state index < -0.39 is 0 Å². The van der Waals surface area contributed by atoms with Gasteiger partial charge in [-0.05, 0) is 35.5 Å². The van der Waals surface area contributed by atoms with Crippen molar-refractivity contribution in [3.8, 4) is 0 Å². The molecular formula is C38H56Cl2P2Zr. The Morgan fingerprint density at radius 2 is 0.953 bits per heavy atom. The van der Waals surface area contributed by atoms with Gasteiger partial charge >= 0.3 is 26.2 Å². The fraction of sp³-hybridized carbons (Fsp3) is 0.526. The molecule has 4 aromatic rings. The van der Waals surface area contributed by atoms with Crippen LogP contribution in [0.25, 0.3) is 21.5 Å². The Morgan fingerprint density at radius 1 is 0.558 bits per heavy atom. The van der Waals surface area contributed by atoms with Crippen LogP contribution in [0.15, 0.2) is 72.8 Å². The minimum absolute atomic E-state index is 0. The van der Waals surface area contributed by atoms with Crippen LogP contribution in [0.3, 0.4) is 0 Å². The summed E-state index contributed by atoms with van der Waals surface area (Å²) < 4.78 is 0. The van der Waals surface area contributed by atoms with Crippen molar-refractivity contribution in [3.05, 3.63) is 72.8 Å². The Balaban J connectivity index is 0.000000779. The van der Waals surface area contributed by atoms with Crippen LogP contribution in [0.5, 0.6) is 0 Å². The van der Waals surface area contributed by atoms with Crippen molar-refractivity contribution in [1.82, 2.24) is 0 Å². The van der Waals surface area contributed by atoms with Gasteiger partial charge in [-0.25, -0.2) is 0 Å². The molecule has 236 valence electrons. The quantitative estimate of drug-likeness (QED) is 0.0939. The molecule has 0 heterocycles. The molecule has 43 heavy (non-hydrogen) atoms. The zero-order valence-corrected chi connectivity index (χ0v) is 33.9. The molecule has 0 N–H and O–H groups in total. The van der Waals surface area contributed by atoms with Gasteiger partial charge in [0.05, 0.1) is 0 Å². The Hall–Kier alpha value is -0.0169. The van der Waals surface area contributed by atoms with Gasteiger partial charge in [-0.2, -0.15) is 12.1 Å². The summed E-state index contributed by atoms with van der Waals surface area (Å²) in [6, 6.07) is 27.3. The number of benzene rings is 2. The third-order valence-electron chi connectivity index (χ3n) is 7.73. The first-order valence-corrected chi connectivity index (χ1v) is 19.0. The maximum absolute atomic E-state index is 2.47. The Kier molecular flexibility index (Phi) is 21.0. The monoisotopic (exact) mass is 734 g/mol. The molecule has 0 aliphatic heterocycles. The van der Waals surface area contributed by atoms with Gasteiger partial charge in [-0.3, -0.25) is 0 Å². The van der Waals surface area contributed by atoms with Crippen molar-refractivity contribution in [2.45, 2.75) is 117 Å². The summed E-state index contributed by atoms with van der Waals surface area (Å²) in [6.07, 6.45) is 14.1. The molecule has 0 aliphatic carbocycles. The Morgan fingerprint density at radius 3 is 1.35 bits per heavy atom. The van der Waals surface area contributed by atoms with Gasteiger partial charge in [-0.1, -0.05) is 122 Å². The van der Waals surface area contributed by atoms with E-state index in [-0.39, 0.29) is 66.9 Å². The minimum atomic E-state index is -0.185. The van der Waals surface area contributed by atoms with E-state index in [1.54, 1.807) is 10.6 Å². The van der Waals surface area contributed by atoms with Crippen LogP contribution < -0.4 is 35.4 Å². The summed E-state index contributed by atoms with van der Waals surface area (Å²) in [5, 5.41) is 9.53. The van der Waals surface area contributed by atoms with Crippen LogP contribution in [0, 0.1) is 0 Å². The van der Waals surface area contributed by atoms with Gasteiger partial charge in [0, 0.05) is 0 Å². The molecule has 0 unspecified atom stereocenters. The van der Waals surface area contributed by atoms with Crippen molar-refractivity contribution in [3.63, 3.8) is 0 Å². The van der Waals surface area contributed by atoms with Crippen LogP contribution in [0.1, 0.15) is 107 Å². The molecule has 0 nitrogen and oxygen atoms in total. The number of rotatable bonds is 12. The van der Waals surface area contributed by atoms with E-state index in [9.17, 15) is 0 Å². The normalized spacial score (nSPS) is 11.6. The van der Waals surface area contributed by atoms with E-state index >= 15 is 0 Å². The summed E-state index contributed by atoms with van der Waals surface area (Å²) in [6.45, 7) is 18.9. The predicted octanol–water partition coefficient (Wildman–Crippen LogP) is 6.09. The third-order valence-corrected chi connectivity index (χ3v) is 13.9. The second kappa shape index (κ2) is 21.0. The molecule has 0 amide bonds. The molecule has 0 spiro atoms. The molecule has 0 aromatic heterocycles. The molecule has 4 aromatic carbocycles. The van der Waals surface area contributed by atoms with E-state index in [2.05, 4.69) is 128 Å². The zero-order chi connectivity index (χ0) is 29.2. The maximum atomic E-state index is 2.47. The molecule has 0 atom stereocenters. The molecule has 0 aliphatic rings. The summed E-state index contributed by atoms with van der Waals surface area (Å²) in [5.74, 6) is 0. The van der Waals surface area contributed by atoms with Crippen LogP contribution in [-0.4, -0.2) is 22.6 Å². The summed E-state index contributed by atoms with van der Waals surface area (Å²) in [5.41, 5.74) is 0. The number of unbranched alkanes of at least 4 members (excludes halogenated alkanes) is 6. The zero-order valence-electron chi connectivity index (χ0n) is 28.1. The van der Waals surface area contributed by atoms with Crippen LogP contribution in [0.4, 0.5) is 0 Å². The first kappa shape index (κ1) is 43.0. The van der Waals surface area contributed by atoms with Crippen molar-refractivity contribution in [1.29, 1.82) is 0 Å². The molecule has 0 radical (unpaired) electrons. The predicted molar refractivity (Wildman–Crippen MR) is 190 cm³/mol. The van der Waals surface area contributed by atoms with Crippen molar-refractivity contribution < 1.29 is 51.0 Å². The van der Waals surface area contributed by atoms with Crippen LogP contribution in [-0.2, 0) is 26.2 Å². The molecule has 0 bridgehead atoms. The van der Waals surface area contributed by atoms with E-state index in [0.717, 1.165) is 0 Å². The van der Waals surface area contributed by atoms with E-state index in [1.165, 1.54) is 85.2 Å². The third kappa shape index (κ3) is 13.7. The van der Waals surface area contributed by atoms with Crippen LogP contribution >= 0.6 is 15.8 Å². The first-order chi connectivity index (χ1) is 19.0. The Bertz CT molecular complexity index is 1190. The summed E-state index contributed by atoms with van der Waals surface area (Å²) >= 11 is 0. The molecule has 0 saturated heterocycles. The van der Waals surface area contributed by atoms with Gasteiger partial charge in [0.15, 0.2) is 0 Å². The molecule has 5 heteroatoms. The number of hydrogen-bond donors (Lipinski definition) is 0. The molecule has 0 fully saturated rings. The molecule has 0 saturated carbocycles. The van der Waals surface area contributed by atoms with Gasteiger partial charge in [-0.15, -0.1) is 80.7 Å². The average molecular weight is 737 g/mol. The molecule has 4 rings (SSSR count). The van der Waals surface area contributed by atoms with Gasteiger partial charge in [0.25, 0.3) is 0 Å². The SMILES string of the molecule is CC(C)(C)P(c1cc2ccccc2[cH-]1)C(C)(C)C.CCCCCCP(CCCCCC)c1cc2ccccc2[cH-]1.[Cl-].[Cl-].[Zr+4]. The molecular weight excluding hydrogens is 680 g/mol. The van der Waals surface area contributed by atoms with Crippen LogP contribution in [0.2, 0.25) is 0 Å². The van der Waals surface area contributed by atoms with Crippen molar-refractivity contribution in [2.75, 3.05) is 12.3 Å². The van der Waals surface area contributed by atoms with Gasteiger partial charge in [0.1, 0.15) is 0 Å². The largest absolute Gasteiger partial charge is 4.00 e. The second-order valence-corrected chi connectivity index (χ2v) is 19.8. The van der Waals surface area contributed by atoms with Gasteiger partial charge in [0.2, 0.25) is 0 Å². The number of fused-ring (bicyclic) bond motifs is 2. The van der Waals surface area contributed by atoms with E-state index in [1.807, 2.05) is 0 Å². The maximum Gasteiger partial charge on any atom is 4.00 e. The minimum Gasteiger partial charge on any atom is -1.00 e. The first-order valence-electron chi connectivity index (χ1n) is 15.9. The summed E-state index contributed by atoms with van der Waals surface area (Å²) in [4.78, 5) is 0. The average Bonchev–Trinajstić information content (AvgIpc) is 3.50. The van der Waals surface area contributed by atoms with E-state index in [4.69, 9.17) is 0 Å². The van der Waals surface area contributed by atoms with Crippen molar-refractivity contribution >= 4 is 48.0 Å². The van der Waals surface area contributed by atoms with Gasteiger partial charge < -0.3 is 24.8 Å².